The van der Waals surface area contributed by atoms with Crippen LogP contribution in [0.5, 0.6) is 0 Å². The standard InChI is InChI=1S/C7H12O6/c1-4(8)7(12)13-6(11)3-2-5(9)10/h4,7-8,12H,2-3H2,1H3,(H,9,10). The van der Waals surface area contributed by atoms with Crippen LogP contribution in [0, 0.1) is 0 Å². The molecule has 0 heterocycles. The fourth-order valence-corrected chi connectivity index (χ4v) is 0.501. The van der Waals surface area contributed by atoms with Crippen molar-refractivity contribution < 1.29 is 29.6 Å². The first-order chi connectivity index (χ1) is 5.93. The molecule has 13 heavy (non-hydrogen) atoms. The number of carbonyl (C=O) groups excluding carboxylic acids is 1. The SMILES string of the molecule is CC(O)C(O)OC(=O)CCC(=O)O. The van der Waals surface area contributed by atoms with E-state index in [1.54, 1.807) is 0 Å². The predicted octanol–water partition coefficient (Wildman–Crippen LogP) is -0.906. The van der Waals surface area contributed by atoms with Crippen LogP contribution in [-0.4, -0.2) is 39.7 Å². The van der Waals surface area contributed by atoms with Gasteiger partial charge >= 0.3 is 11.9 Å². The van der Waals surface area contributed by atoms with E-state index < -0.39 is 24.3 Å². The summed E-state index contributed by atoms with van der Waals surface area (Å²) >= 11 is 0. The number of aliphatic hydroxyl groups excluding tert-OH is 2. The number of aliphatic carboxylic acids is 1. The summed E-state index contributed by atoms with van der Waals surface area (Å²) in [4.78, 5) is 20.7. The number of rotatable bonds is 5. The molecule has 6 nitrogen and oxygen atoms in total. The summed E-state index contributed by atoms with van der Waals surface area (Å²) in [6, 6.07) is 0. The summed E-state index contributed by atoms with van der Waals surface area (Å²) in [5, 5.41) is 25.7. The van der Waals surface area contributed by atoms with Gasteiger partial charge in [-0.3, -0.25) is 9.59 Å². The Morgan fingerprint density at radius 1 is 1.31 bits per heavy atom. The molecule has 0 saturated carbocycles. The van der Waals surface area contributed by atoms with Gasteiger partial charge in [0.15, 0.2) is 0 Å². The van der Waals surface area contributed by atoms with Gasteiger partial charge in [-0.05, 0) is 6.92 Å². The minimum absolute atomic E-state index is 0.320. The van der Waals surface area contributed by atoms with Gasteiger partial charge in [0.25, 0.3) is 0 Å². The van der Waals surface area contributed by atoms with Crippen molar-refractivity contribution in [3.63, 3.8) is 0 Å². The molecule has 0 rings (SSSR count). The van der Waals surface area contributed by atoms with Crippen LogP contribution in [0.2, 0.25) is 0 Å². The molecular formula is C7H12O6. The van der Waals surface area contributed by atoms with Gasteiger partial charge in [0.1, 0.15) is 6.10 Å². The van der Waals surface area contributed by atoms with Crippen molar-refractivity contribution in [2.24, 2.45) is 0 Å². The summed E-state index contributed by atoms with van der Waals surface area (Å²) in [7, 11) is 0. The summed E-state index contributed by atoms with van der Waals surface area (Å²) in [6.45, 7) is 1.25. The zero-order valence-electron chi connectivity index (χ0n) is 7.14. The smallest absolute Gasteiger partial charge is 0.308 e. The minimum atomic E-state index is -1.60. The van der Waals surface area contributed by atoms with Gasteiger partial charge in [-0.1, -0.05) is 0 Å². The molecule has 0 aliphatic heterocycles. The van der Waals surface area contributed by atoms with E-state index >= 15 is 0 Å². The van der Waals surface area contributed by atoms with E-state index in [0.717, 1.165) is 0 Å². The Morgan fingerprint density at radius 2 is 1.85 bits per heavy atom. The molecule has 0 spiro atoms. The van der Waals surface area contributed by atoms with E-state index in [9.17, 15) is 9.59 Å². The Labute approximate surface area is 74.7 Å². The first kappa shape index (κ1) is 11.9. The molecule has 2 unspecified atom stereocenters. The number of carboxylic acid groups (broad SMARTS) is 1. The van der Waals surface area contributed by atoms with Crippen LogP contribution in [0.3, 0.4) is 0 Å². The number of ether oxygens (including phenoxy) is 1. The molecule has 0 aliphatic carbocycles. The van der Waals surface area contributed by atoms with E-state index in [1.807, 2.05) is 0 Å². The van der Waals surface area contributed by atoms with E-state index in [0.29, 0.717) is 0 Å². The highest BCUT2D eigenvalue weighted by Gasteiger charge is 2.16. The predicted molar refractivity (Wildman–Crippen MR) is 40.6 cm³/mol. The molecule has 0 amide bonds. The highest BCUT2D eigenvalue weighted by atomic mass is 16.6. The average molecular weight is 192 g/mol. The van der Waals surface area contributed by atoms with Crippen molar-refractivity contribution in [2.45, 2.75) is 32.2 Å². The molecule has 76 valence electrons. The topological polar surface area (TPSA) is 104 Å². The van der Waals surface area contributed by atoms with Crippen molar-refractivity contribution >= 4 is 11.9 Å². The summed E-state index contributed by atoms with van der Waals surface area (Å²) < 4.78 is 4.27. The third-order valence-corrected chi connectivity index (χ3v) is 1.21. The van der Waals surface area contributed by atoms with Crippen LogP contribution in [-0.2, 0) is 14.3 Å². The number of hydrogen-bond donors (Lipinski definition) is 3. The highest BCUT2D eigenvalue weighted by molar-refractivity contribution is 5.76. The number of hydrogen-bond acceptors (Lipinski definition) is 5. The van der Waals surface area contributed by atoms with E-state index in [-0.39, 0.29) is 12.8 Å². The van der Waals surface area contributed by atoms with Crippen LogP contribution in [0.4, 0.5) is 0 Å². The molecule has 0 aliphatic rings. The fourth-order valence-electron chi connectivity index (χ4n) is 0.501. The maximum Gasteiger partial charge on any atom is 0.308 e. The first-order valence-corrected chi connectivity index (χ1v) is 3.71. The lowest BCUT2D eigenvalue weighted by Gasteiger charge is -2.13. The molecule has 2 atom stereocenters. The average Bonchev–Trinajstić information content (AvgIpc) is 2.00. The fraction of sp³-hybridized carbons (Fsp3) is 0.714. The largest absolute Gasteiger partial charge is 0.481 e. The molecule has 0 radical (unpaired) electrons. The Hall–Kier alpha value is -1.14. The molecule has 0 aromatic carbocycles. The normalized spacial score (nSPS) is 14.7. The number of esters is 1. The summed E-state index contributed by atoms with van der Waals surface area (Å²) in [6.07, 6.45) is -3.46. The Bertz CT molecular complexity index is 187. The van der Waals surface area contributed by atoms with Crippen molar-refractivity contribution in [3.05, 3.63) is 0 Å². The second-order valence-electron chi connectivity index (χ2n) is 2.51. The first-order valence-electron chi connectivity index (χ1n) is 3.71. The monoisotopic (exact) mass is 192 g/mol. The quantitative estimate of drug-likeness (QED) is 0.385. The van der Waals surface area contributed by atoms with E-state index in [2.05, 4.69) is 4.74 Å². The van der Waals surface area contributed by atoms with Crippen molar-refractivity contribution in [3.8, 4) is 0 Å². The molecule has 3 N–H and O–H groups in total. The van der Waals surface area contributed by atoms with Gasteiger partial charge < -0.3 is 20.1 Å². The Morgan fingerprint density at radius 3 is 2.23 bits per heavy atom. The van der Waals surface area contributed by atoms with Gasteiger partial charge in [0.05, 0.1) is 12.8 Å². The Kier molecular flexibility index (Phi) is 5.01. The van der Waals surface area contributed by atoms with Gasteiger partial charge in [0, 0.05) is 0 Å². The maximum atomic E-state index is 10.7. The summed E-state index contributed by atoms with van der Waals surface area (Å²) in [5.74, 6) is -1.97. The van der Waals surface area contributed by atoms with Gasteiger partial charge in [0.2, 0.25) is 6.29 Å². The molecule has 0 fully saturated rings. The summed E-state index contributed by atoms with van der Waals surface area (Å²) in [5.41, 5.74) is 0. The van der Waals surface area contributed by atoms with Crippen molar-refractivity contribution in [1.29, 1.82) is 0 Å². The van der Waals surface area contributed by atoms with Crippen LogP contribution in [0.15, 0.2) is 0 Å². The molecule has 0 saturated heterocycles. The maximum absolute atomic E-state index is 10.7. The minimum Gasteiger partial charge on any atom is -0.481 e. The van der Waals surface area contributed by atoms with Gasteiger partial charge in [-0.2, -0.15) is 0 Å². The second kappa shape index (κ2) is 5.50. The van der Waals surface area contributed by atoms with Gasteiger partial charge in [-0.15, -0.1) is 0 Å². The lowest BCUT2D eigenvalue weighted by atomic mass is 10.3. The third-order valence-electron chi connectivity index (χ3n) is 1.21. The van der Waals surface area contributed by atoms with Crippen LogP contribution in [0.1, 0.15) is 19.8 Å². The second-order valence-corrected chi connectivity index (χ2v) is 2.51. The third kappa shape index (κ3) is 6.06. The van der Waals surface area contributed by atoms with Crippen LogP contribution >= 0.6 is 0 Å². The lowest BCUT2D eigenvalue weighted by Crippen LogP contribution is -2.28. The van der Waals surface area contributed by atoms with Crippen molar-refractivity contribution in [2.75, 3.05) is 0 Å². The van der Waals surface area contributed by atoms with Crippen LogP contribution < -0.4 is 0 Å². The number of carbonyl (C=O) groups is 2. The number of carboxylic acids is 1. The molecule has 0 aromatic heterocycles. The lowest BCUT2D eigenvalue weighted by molar-refractivity contribution is -0.185. The zero-order chi connectivity index (χ0) is 10.4. The van der Waals surface area contributed by atoms with Gasteiger partial charge in [-0.25, -0.2) is 0 Å². The van der Waals surface area contributed by atoms with E-state index in [1.165, 1.54) is 6.92 Å². The van der Waals surface area contributed by atoms with Crippen molar-refractivity contribution in [1.82, 2.24) is 0 Å². The molecule has 0 bridgehead atoms. The molecular weight excluding hydrogens is 180 g/mol. The molecule has 6 heteroatoms. The van der Waals surface area contributed by atoms with Crippen LogP contribution in [0.25, 0.3) is 0 Å². The molecule has 0 aromatic rings. The zero-order valence-corrected chi connectivity index (χ0v) is 7.14. The van der Waals surface area contributed by atoms with E-state index in [4.69, 9.17) is 15.3 Å². The highest BCUT2D eigenvalue weighted by Crippen LogP contribution is 1.99. The Balaban J connectivity index is 3.68. The number of aliphatic hydroxyl groups is 2.